The van der Waals surface area contributed by atoms with Crippen LogP contribution in [0.15, 0.2) is 119 Å². The lowest BCUT2D eigenvalue weighted by molar-refractivity contribution is -0.121. The third-order valence-corrected chi connectivity index (χ3v) is 14.5. The predicted octanol–water partition coefficient (Wildman–Crippen LogP) is 8.89. The highest BCUT2D eigenvalue weighted by Gasteiger charge is 2.37. The van der Waals surface area contributed by atoms with Crippen molar-refractivity contribution in [2.75, 3.05) is 10.6 Å². The Bertz CT molecular complexity index is 1940. The minimum Gasteiger partial charge on any atom is -0.491 e. The van der Waals surface area contributed by atoms with Gasteiger partial charge < -0.3 is 20.1 Å². The zero-order valence-corrected chi connectivity index (χ0v) is 34.2. The third-order valence-electron chi connectivity index (χ3n) is 10.0. The first-order valence-electron chi connectivity index (χ1n) is 19.5. The standard InChI is InChI=1S/2C22H27NO4S/c2*1-16(2)27-19-13-11-18(12-14-19)23-22(24)17-7-6-10-21(15-17)28(25,26)20-8-4-3-5-9-20/h2*3-5,8-9,11-14,16-17,21H,6-7,10,15H2,1-2H3,(H,23,24)/t17-,21+;17-,21-/m11/s1. The molecule has 0 heterocycles. The van der Waals surface area contributed by atoms with Crippen molar-refractivity contribution >= 4 is 42.9 Å². The molecular weight excluding hydrogens is 749 g/mol. The Balaban J connectivity index is 0.000000214. The van der Waals surface area contributed by atoms with Crippen LogP contribution in [-0.4, -0.2) is 51.4 Å². The van der Waals surface area contributed by atoms with Gasteiger partial charge in [0.15, 0.2) is 19.7 Å². The summed E-state index contributed by atoms with van der Waals surface area (Å²) in [5, 5.41) is 4.80. The van der Waals surface area contributed by atoms with Gasteiger partial charge in [-0.2, -0.15) is 0 Å². The molecule has 2 fully saturated rings. The first kappa shape index (κ1) is 42.5. The van der Waals surface area contributed by atoms with E-state index in [1.807, 2.05) is 52.0 Å². The van der Waals surface area contributed by atoms with Gasteiger partial charge in [-0.25, -0.2) is 16.8 Å². The molecule has 0 radical (unpaired) electrons. The highest BCUT2D eigenvalue weighted by Crippen LogP contribution is 2.34. The van der Waals surface area contributed by atoms with Gasteiger partial charge in [0.2, 0.25) is 11.8 Å². The summed E-state index contributed by atoms with van der Waals surface area (Å²) in [5.74, 6) is 0.656. The number of ether oxygens (including phenoxy) is 2. The molecule has 10 nitrogen and oxygen atoms in total. The molecule has 2 saturated carbocycles. The Morgan fingerprint density at radius 1 is 0.518 bits per heavy atom. The summed E-state index contributed by atoms with van der Waals surface area (Å²) < 4.78 is 62.8. The molecule has 6 rings (SSSR count). The van der Waals surface area contributed by atoms with Crippen molar-refractivity contribution in [1.29, 1.82) is 0 Å². The molecule has 0 aromatic heterocycles. The molecule has 2 N–H and O–H groups in total. The fourth-order valence-corrected chi connectivity index (χ4v) is 11.0. The molecule has 4 aromatic rings. The number of anilines is 2. The second-order valence-electron chi connectivity index (χ2n) is 15.0. The number of rotatable bonds is 12. The maximum absolute atomic E-state index is 12.9. The second-order valence-corrected chi connectivity index (χ2v) is 19.5. The van der Waals surface area contributed by atoms with Crippen LogP contribution in [0.5, 0.6) is 11.5 Å². The lowest BCUT2D eigenvalue weighted by Crippen LogP contribution is -2.34. The van der Waals surface area contributed by atoms with E-state index in [-0.39, 0.29) is 35.9 Å². The van der Waals surface area contributed by atoms with Gasteiger partial charge in [-0.05, 0) is 139 Å². The van der Waals surface area contributed by atoms with E-state index < -0.39 is 30.2 Å². The van der Waals surface area contributed by atoms with E-state index in [0.29, 0.717) is 59.7 Å². The van der Waals surface area contributed by atoms with Crippen LogP contribution in [0.3, 0.4) is 0 Å². The van der Waals surface area contributed by atoms with Crippen LogP contribution in [0.1, 0.15) is 79.1 Å². The smallest absolute Gasteiger partial charge is 0.227 e. The molecule has 0 unspecified atom stereocenters. The van der Waals surface area contributed by atoms with Crippen LogP contribution in [0.25, 0.3) is 0 Å². The fraction of sp³-hybridized carbons (Fsp3) is 0.409. The molecule has 12 heteroatoms. The normalized spacial score (nSPS) is 20.0. The number of hydrogen-bond donors (Lipinski definition) is 2. The number of benzene rings is 4. The SMILES string of the molecule is CC(C)Oc1ccc(NC(=O)[C@@H]2CCC[C@@H](S(=O)(=O)c3ccccc3)C2)cc1.CC(C)Oc1ccc(NC(=O)[C@@H]2CCC[C@H](S(=O)(=O)c3ccccc3)C2)cc1. The zero-order valence-electron chi connectivity index (χ0n) is 32.6. The van der Waals surface area contributed by atoms with E-state index in [4.69, 9.17) is 9.47 Å². The summed E-state index contributed by atoms with van der Waals surface area (Å²) in [7, 11) is -6.83. The average Bonchev–Trinajstić information content (AvgIpc) is 3.20. The van der Waals surface area contributed by atoms with E-state index in [9.17, 15) is 26.4 Å². The minimum absolute atomic E-state index is 0.0891. The molecule has 4 atom stereocenters. The molecule has 4 aromatic carbocycles. The van der Waals surface area contributed by atoms with Crippen molar-refractivity contribution in [2.45, 2.75) is 112 Å². The quantitative estimate of drug-likeness (QED) is 0.145. The summed E-state index contributed by atoms with van der Waals surface area (Å²) in [6.45, 7) is 7.83. The fourth-order valence-electron chi connectivity index (χ4n) is 7.20. The lowest BCUT2D eigenvalue weighted by atomic mass is 9.88. The Labute approximate surface area is 332 Å². The lowest BCUT2D eigenvalue weighted by Gasteiger charge is -2.28. The highest BCUT2D eigenvalue weighted by molar-refractivity contribution is 7.92. The zero-order chi connectivity index (χ0) is 40.3. The van der Waals surface area contributed by atoms with Crippen LogP contribution < -0.4 is 20.1 Å². The monoisotopic (exact) mass is 802 g/mol. The van der Waals surface area contributed by atoms with Crippen molar-refractivity contribution < 1.29 is 35.9 Å². The number of carbonyl (C=O) groups is 2. The van der Waals surface area contributed by atoms with Gasteiger partial charge in [0.05, 0.1) is 32.5 Å². The van der Waals surface area contributed by atoms with Crippen molar-refractivity contribution in [2.24, 2.45) is 11.8 Å². The first-order valence-corrected chi connectivity index (χ1v) is 22.5. The van der Waals surface area contributed by atoms with Crippen molar-refractivity contribution in [3.05, 3.63) is 109 Å². The van der Waals surface area contributed by atoms with Crippen LogP contribution in [0, 0.1) is 11.8 Å². The largest absolute Gasteiger partial charge is 0.491 e. The highest BCUT2D eigenvalue weighted by atomic mass is 32.2. The topological polar surface area (TPSA) is 145 Å². The Kier molecular flexibility index (Phi) is 14.8. The van der Waals surface area contributed by atoms with Crippen molar-refractivity contribution in [1.82, 2.24) is 0 Å². The van der Waals surface area contributed by atoms with Gasteiger partial charge in [-0.15, -0.1) is 0 Å². The summed E-state index contributed by atoms with van der Waals surface area (Å²) >= 11 is 0. The van der Waals surface area contributed by atoms with E-state index in [2.05, 4.69) is 10.6 Å². The summed E-state index contributed by atoms with van der Waals surface area (Å²) in [6.07, 6.45) is 4.98. The van der Waals surface area contributed by atoms with E-state index >= 15 is 0 Å². The Morgan fingerprint density at radius 2 is 0.857 bits per heavy atom. The number of sulfone groups is 2. The van der Waals surface area contributed by atoms with Gasteiger partial charge in [-0.3, -0.25) is 9.59 Å². The van der Waals surface area contributed by atoms with E-state index in [1.165, 1.54) is 0 Å². The van der Waals surface area contributed by atoms with Crippen molar-refractivity contribution in [3.8, 4) is 11.5 Å². The van der Waals surface area contributed by atoms with Gasteiger partial charge in [0.25, 0.3) is 0 Å². The second kappa shape index (κ2) is 19.5. The first-order chi connectivity index (χ1) is 26.7. The summed E-state index contributed by atoms with van der Waals surface area (Å²) in [4.78, 5) is 26.1. The van der Waals surface area contributed by atoms with Crippen LogP contribution >= 0.6 is 0 Å². The maximum Gasteiger partial charge on any atom is 0.227 e. The van der Waals surface area contributed by atoms with Gasteiger partial charge >= 0.3 is 0 Å². The third kappa shape index (κ3) is 11.7. The Hall–Kier alpha value is -4.68. The molecular formula is C44H54N2O8S2. The maximum atomic E-state index is 12.9. The number of amides is 2. The molecule has 0 spiro atoms. The molecule has 0 bridgehead atoms. The Morgan fingerprint density at radius 3 is 1.18 bits per heavy atom. The van der Waals surface area contributed by atoms with Crippen LogP contribution in [0.4, 0.5) is 11.4 Å². The number of hydrogen-bond acceptors (Lipinski definition) is 8. The van der Waals surface area contributed by atoms with E-state index in [1.54, 1.807) is 84.9 Å². The summed E-state index contributed by atoms with van der Waals surface area (Å²) in [5.41, 5.74) is 1.38. The van der Waals surface area contributed by atoms with Gasteiger partial charge in [-0.1, -0.05) is 49.2 Å². The molecule has 2 amide bonds. The molecule has 0 aliphatic heterocycles. The summed E-state index contributed by atoms with van der Waals surface area (Å²) in [6, 6.07) is 31.5. The van der Waals surface area contributed by atoms with Gasteiger partial charge in [0, 0.05) is 23.2 Å². The number of nitrogens with one attached hydrogen (secondary N) is 2. The van der Waals surface area contributed by atoms with Crippen LogP contribution in [-0.2, 0) is 29.3 Å². The minimum atomic E-state index is -3.42. The molecule has 0 saturated heterocycles. The van der Waals surface area contributed by atoms with Crippen LogP contribution in [0.2, 0.25) is 0 Å². The van der Waals surface area contributed by atoms with Crippen molar-refractivity contribution in [3.63, 3.8) is 0 Å². The molecule has 300 valence electrons. The molecule has 2 aliphatic carbocycles. The predicted molar refractivity (Wildman–Crippen MR) is 220 cm³/mol. The molecule has 56 heavy (non-hydrogen) atoms. The van der Waals surface area contributed by atoms with Gasteiger partial charge in [0.1, 0.15) is 11.5 Å². The number of carbonyl (C=O) groups excluding carboxylic acids is 2. The average molecular weight is 803 g/mol. The molecule has 2 aliphatic rings. The van der Waals surface area contributed by atoms with E-state index in [0.717, 1.165) is 24.3 Å².